The monoisotopic (exact) mass is 726 g/mol. The van der Waals surface area contributed by atoms with Gasteiger partial charge >= 0.3 is 5.97 Å². The molecule has 2 aromatic heterocycles. The van der Waals surface area contributed by atoms with Crippen LogP contribution in [0.4, 0.5) is 32.8 Å². The van der Waals surface area contributed by atoms with Crippen LogP contribution in [-0.4, -0.2) is 93.5 Å². The lowest BCUT2D eigenvalue weighted by atomic mass is 10.0. The summed E-state index contributed by atoms with van der Waals surface area (Å²) in [6.45, 7) is 4.84. The minimum Gasteiger partial charge on any atom is -0.497 e. The third-order valence-electron chi connectivity index (χ3n) is 9.76. The zero-order valence-corrected chi connectivity index (χ0v) is 29.0. The Morgan fingerprint density at radius 2 is 1.83 bits per heavy atom. The van der Waals surface area contributed by atoms with Gasteiger partial charge in [0.1, 0.15) is 17.3 Å². The number of rotatable bonds is 10. The fourth-order valence-corrected chi connectivity index (χ4v) is 7.62. The summed E-state index contributed by atoms with van der Waals surface area (Å²) < 4.78 is 60.2. The molecule has 8 rings (SSSR count). The fourth-order valence-electron chi connectivity index (χ4n) is 6.97. The molecule has 2 fully saturated rings. The zero-order valence-electron chi connectivity index (χ0n) is 28.1. The number of aromatic carboxylic acids is 1. The molecule has 0 radical (unpaired) electrons. The lowest BCUT2D eigenvalue weighted by molar-refractivity contribution is -0.0660. The standard InChI is InChI=1S/C37H35FN6O7S/c1-49-29-4-2-26(3-5-29)44(52(47)48)33-19-40-32-15-23(30-18-39-17-22-6-11-51-36(22)30)14-31(38)34(32)35(33)41-25-12-24(37(45)46)13-27(16-25)42-7-9-43(10-8-42)28-20-50-21-28/h2-5,12-19,28,52H,6-11,20-21H2,1H3,(H,40,41)(H,45,46). The van der Waals surface area contributed by atoms with Crippen LogP contribution in [0.25, 0.3) is 22.0 Å². The first kappa shape index (κ1) is 33.6. The second-order valence-corrected chi connectivity index (χ2v) is 13.7. The molecule has 5 aromatic rings. The van der Waals surface area contributed by atoms with E-state index in [2.05, 4.69) is 25.1 Å². The van der Waals surface area contributed by atoms with Gasteiger partial charge in [-0.2, -0.15) is 0 Å². The summed E-state index contributed by atoms with van der Waals surface area (Å²) in [6.07, 6.45) is 5.40. The minimum absolute atomic E-state index is 0.0108. The first-order chi connectivity index (χ1) is 25.3. The molecule has 0 spiro atoms. The SMILES string of the molecule is COc1ccc(N(c2cnc3cc(-c4cncc5c4OCC5)cc(F)c3c2Nc2cc(C(=O)O)cc(N3CCN(C4COC4)CC3)c2)[SH](=O)=O)cc1. The van der Waals surface area contributed by atoms with Gasteiger partial charge in [-0.05, 0) is 60.2 Å². The zero-order chi connectivity index (χ0) is 35.9. The van der Waals surface area contributed by atoms with E-state index in [1.165, 1.54) is 25.4 Å². The molecule has 2 saturated heterocycles. The number of nitrogens with one attached hydrogen (secondary N) is 1. The molecule has 268 valence electrons. The fraction of sp³-hybridized carbons (Fsp3) is 0.270. The van der Waals surface area contributed by atoms with Gasteiger partial charge in [-0.1, -0.05) is 0 Å². The van der Waals surface area contributed by atoms with Gasteiger partial charge in [-0.15, -0.1) is 0 Å². The molecule has 0 aliphatic carbocycles. The summed E-state index contributed by atoms with van der Waals surface area (Å²) in [7, 11) is -1.82. The molecule has 0 amide bonds. The van der Waals surface area contributed by atoms with Crippen LogP contribution >= 0.6 is 0 Å². The van der Waals surface area contributed by atoms with Gasteiger partial charge in [0, 0.05) is 67.5 Å². The van der Waals surface area contributed by atoms with E-state index in [0.717, 1.165) is 23.0 Å². The van der Waals surface area contributed by atoms with Gasteiger partial charge in [0.25, 0.3) is 0 Å². The van der Waals surface area contributed by atoms with Crippen molar-refractivity contribution in [3.8, 4) is 22.6 Å². The largest absolute Gasteiger partial charge is 0.497 e. The van der Waals surface area contributed by atoms with E-state index in [1.54, 1.807) is 54.9 Å². The highest BCUT2D eigenvalue weighted by atomic mass is 32.2. The van der Waals surface area contributed by atoms with E-state index in [0.29, 0.717) is 79.4 Å². The quantitative estimate of drug-likeness (QED) is 0.166. The van der Waals surface area contributed by atoms with Gasteiger partial charge in [0.2, 0.25) is 10.9 Å². The number of carbonyl (C=O) groups is 1. The maximum atomic E-state index is 16.7. The van der Waals surface area contributed by atoms with Crippen molar-refractivity contribution in [1.82, 2.24) is 14.9 Å². The number of thiol groups is 1. The number of hydrogen-bond acceptors (Lipinski definition) is 11. The Hall–Kier alpha value is -5.51. The van der Waals surface area contributed by atoms with Gasteiger partial charge < -0.3 is 29.5 Å². The Balaban J connectivity index is 1.26. The van der Waals surface area contributed by atoms with Crippen molar-refractivity contribution in [3.63, 3.8) is 0 Å². The number of benzene rings is 3. The van der Waals surface area contributed by atoms with Crippen LogP contribution in [0.2, 0.25) is 0 Å². The highest BCUT2D eigenvalue weighted by molar-refractivity contribution is 7.74. The summed E-state index contributed by atoms with van der Waals surface area (Å²) in [5.41, 5.74) is 3.65. The Morgan fingerprint density at radius 1 is 1.04 bits per heavy atom. The van der Waals surface area contributed by atoms with E-state index in [1.807, 2.05) is 0 Å². The normalized spacial score (nSPS) is 16.0. The number of aromatic nitrogens is 2. The number of pyridine rings is 2. The molecule has 2 N–H and O–H groups in total. The van der Waals surface area contributed by atoms with Crippen LogP contribution in [0, 0.1) is 5.82 Å². The second-order valence-electron chi connectivity index (χ2n) is 12.8. The number of nitrogens with zero attached hydrogens (tertiary/aromatic N) is 5. The number of anilines is 5. The average Bonchev–Trinajstić information content (AvgIpc) is 3.61. The topological polar surface area (TPSA) is 147 Å². The molecule has 3 aliphatic heterocycles. The Labute approximate surface area is 300 Å². The summed E-state index contributed by atoms with van der Waals surface area (Å²) in [4.78, 5) is 25.8. The molecule has 52 heavy (non-hydrogen) atoms. The van der Waals surface area contributed by atoms with Crippen LogP contribution in [0.1, 0.15) is 15.9 Å². The lowest BCUT2D eigenvalue weighted by Crippen LogP contribution is -2.56. The Kier molecular flexibility index (Phi) is 8.99. The van der Waals surface area contributed by atoms with Crippen molar-refractivity contribution in [2.75, 3.05) is 67.6 Å². The third-order valence-corrected chi connectivity index (χ3v) is 10.5. The van der Waals surface area contributed by atoms with Crippen LogP contribution in [0.15, 0.2) is 73.2 Å². The smallest absolute Gasteiger partial charge is 0.335 e. The second kappa shape index (κ2) is 13.9. The predicted octanol–water partition coefficient (Wildman–Crippen LogP) is 5.01. The number of fused-ring (bicyclic) bond motifs is 2. The molecule has 5 heterocycles. The van der Waals surface area contributed by atoms with E-state index in [-0.39, 0.29) is 33.5 Å². The molecule has 3 aliphatic rings. The maximum Gasteiger partial charge on any atom is 0.335 e. The van der Waals surface area contributed by atoms with Crippen LogP contribution in [0.3, 0.4) is 0 Å². The molecule has 0 bridgehead atoms. The Bertz CT molecular complexity index is 2250. The number of halogens is 1. The van der Waals surface area contributed by atoms with E-state index in [4.69, 9.17) is 14.2 Å². The number of ether oxygens (including phenoxy) is 3. The number of hydrogen-bond donors (Lipinski definition) is 3. The number of carboxylic acids is 1. The molecule has 0 unspecified atom stereocenters. The molecule has 0 atom stereocenters. The van der Waals surface area contributed by atoms with Crippen molar-refractivity contribution in [3.05, 3.63) is 90.1 Å². The van der Waals surface area contributed by atoms with Crippen LogP contribution in [-0.2, 0) is 22.0 Å². The Morgan fingerprint density at radius 3 is 2.52 bits per heavy atom. The summed E-state index contributed by atoms with van der Waals surface area (Å²) in [5.74, 6) is -0.664. The van der Waals surface area contributed by atoms with Crippen LogP contribution < -0.4 is 24.0 Å². The molecular formula is C37H35FN6O7S. The van der Waals surface area contributed by atoms with E-state index < -0.39 is 22.7 Å². The first-order valence-electron chi connectivity index (χ1n) is 16.8. The summed E-state index contributed by atoms with van der Waals surface area (Å²) in [6, 6.07) is 14.7. The minimum atomic E-state index is -3.32. The van der Waals surface area contributed by atoms with Crippen molar-refractivity contribution in [2.24, 2.45) is 0 Å². The van der Waals surface area contributed by atoms with Gasteiger partial charge in [0.15, 0.2) is 0 Å². The van der Waals surface area contributed by atoms with Crippen molar-refractivity contribution in [1.29, 1.82) is 0 Å². The molecule has 13 nitrogen and oxygen atoms in total. The van der Waals surface area contributed by atoms with Gasteiger partial charge in [-0.3, -0.25) is 14.9 Å². The summed E-state index contributed by atoms with van der Waals surface area (Å²) in [5, 5.41) is 13.4. The van der Waals surface area contributed by atoms with Gasteiger partial charge in [0.05, 0.1) is 72.7 Å². The predicted molar refractivity (Wildman–Crippen MR) is 195 cm³/mol. The average molecular weight is 727 g/mol. The van der Waals surface area contributed by atoms with Gasteiger partial charge in [-0.25, -0.2) is 21.9 Å². The lowest BCUT2D eigenvalue weighted by Gasteiger charge is -2.43. The third kappa shape index (κ3) is 6.31. The molecular weight excluding hydrogens is 692 g/mol. The van der Waals surface area contributed by atoms with Crippen molar-refractivity contribution in [2.45, 2.75) is 12.5 Å². The number of piperazine rings is 1. The van der Waals surface area contributed by atoms with Crippen molar-refractivity contribution >= 4 is 56.2 Å². The number of methoxy groups -OCH3 is 1. The van der Waals surface area contributed by atoms with Crippen LogP contribution in [0.5, 0.6) is 11.5 Å². The first-order valence-corrected chi connectivity index (χ1v) is 17.9. The molecule has 3 aromatic carbocycles. The summed E-state index contributed by atoms with van der Waals surface area (Å²) >= 11 is 0. The highest BCUT2D eigenvalue weighted by Crippen LogP contribution is 2.43. The molecule has 0 saturated carbocycles. The number of carboxylic acid groups (broad SMARTS) is 1. The van der Waals surface area contributed by atoms with E-state index >= 15 is 4.39 Å². The highest BCUT2D eigenvalue weighted by Gasteiger charge is 2.30. The van der Waals surface area contributed by atoms with E-state index in [9.17, 15) is 18.3 Å². The maximum absolute atomic E-state index is 16.7. The van der Waals surface area contributed by atoms with Crippen molar-refractivity contribution < 1.29 is 36.9 Å². The molecule has 15 heteroatoms.